The third-order valence-electron chi connectivity index (χ3n) is 4.16. The molecule has 4 aromatic rings. The molecule has 0 fully saturated rings. The van der Waals surface area contributed by atoms with Crippen molar-refractivity contribution in [3.8, 4) is 16.9 Å². The summed E-state index contributed by atoms with van der Waals surface area (Å²) in [6.45, 7) is 2.14. The number of carbonyl (C=O) groups is 1. The van der Waals surface area contributed by atoms with Gasteiger partial charge in [0.05, 0.1) is 11.4 Å². The van der Waals surface area contributed by atoms with Crippen LogP contribution in [0.5, 0.6) is 0 Å². The number of rotatable bonds is 5. The van der Waals surface area contributed by atoms with Crippen LogP contribution in [0.25, 0.3) is 16.9 Å². The Hall–Kier alpha value is -3.18. The number of esters is 1. The Morgan fingerprint density at radius 2 is 1.70 bits per heavy atom. The molecule has 0 radical (unpaired) electrons. The van der Waals surface area contributed by atoms with E-state index in [0.29, 0.717) is 4.88 Å². The SMILES string of the molecule is Cc1ccc(C(=O)OCc2cn(-c3ccccc3)nc2-c2ccccc2)s1. The largest absolute Gasteiger partial charge is 0.456 e. The first-order valence-corrected chi connectivity index (χ1v) is 9.45. The zero-order chi connectivity index (χ0) is 18.6. The topological polar surface area (TPSA) is 44.1 Å². The van der Waals surface area contributed by atoms with Gasteiger partial charge >= 0.3 is 5.97 Å². The van der Waals surface area contributed by atoms with Crippen molar-refractivity contribution in [3.05, 3.63) is 94.3 Å². The van der Waals surface area contributed by atoms with Gasteiger partial charge in [-0.3, -0.25) is 0 Å². The van der Waals surface area contributed by atoms with E-state index >= 15 is 0 Å². The summed E-state index contributed by atoms with van der Waals surface area (Å²) in [5.41, 5.74) is 3.63. The maximum atomic E-state index is 12.3. The van der Waals surface area contributed by atoms with Crippen molar-refractivity contribution in [3.63, 3.8) is 0 Å². The average Bonchev–Trinajstić information content (AvgIpc) is 3.34. The third kappa shape index (κ3) is 3.83. The number of carbonyl (C=O) groups excluding carboxylic acids is 1. The molecule has 5 heteroatoms. The molecule has 0 unspecified atom stereocenters. The molecule has 134 valence electrons. The molecule has 0 atom stereocenters. The molecule has 0 amide bonds. The van der Waals surface area contributed by atoms with Crippen LogP contribution in [0.1, 0.15) is 20.1 Å². The van der Waals surface area contributed by atoms with Crippen molar-refractivity contribution in [2.24, 2.45) is 0 Å². The van der Waals surface area contributed by atoms with Crippen LogP contribution < -0.4 is 0 Å². The summed E-state index contributed by atoms with van der Waals surface area (Å²) in [6, 6.07) is 23.5. The van der Waals surface area contributed by atoms with Gasteiger partial charge in [-0.15, -0.1) is 11.3 Å². The highest BCUT2D eigenvalue weighted by Crippen LogP contribution is 2.25. The maximum absolute atomic E-state index is 12.3. The van der Waals surface area contributed by atoms with Gasteiger partial charge in [-0.05, 0) is 31.2 Å². The molecule has 4 rings (SSSR count). The predicted molar refractivity (Wildman–Crippen MR) is 107 cm³/mol. The van der Waals surface area contributed by atoms with Gasteiger partial charge < -0.3 is 4.74 Å². The van der Waals surface area contributed by atoms with E-state index in [9.17, 15) is 4.79 Å². The van der Waals surface area contributed by atoms with Crippen LogP contribution in [0.3, 0.4) is 0 Å². The van der Waals surface area contributed by atoms with Gasteiger partial charge in [0, 0.05) is 22.2 Å². The summed E-state index contributed by atoms with van der Waals surface area (Å²) < 4.78 is 7.38. The Morgan fingerprint density at radius 3 is 2.37 bits per heavy atom. The van der Waals surface area contributed by atoms with Crippen LogP contribution in [0.15, 0.2) is 79.0 Å². The van der Waals surface area contributed by atoms with E-state index in [1.807, 2.05) is 84.5 Å². The highest BCUT2D eigenvalue weighted by Gasteiger charge is 2.15. The van der Waals surface area contributed by atoms with Crippen LogP contribution in [0, 0.1) is 6.92 Å². The van der Waals surface area contributed by atoms with Crippen LogP contribution in [-0.4, -0.2) is 15.7 Å². The van der Waals surface area contributed by atoms with Gasteiger partial charge in [0.15, 0.2) is 0 Å². The van der Waals surface area contributed by atoms with Gasteiger partial charge in [0.1, 0.15) is 11.5 Å². The van der Waals surface area contributed by atoms with Crippen molar-refractivity contribution < 1.29 is 9.53 Å². The lowest BCUT2D eigenvalue weighted by Crippen LogP contribution is -2.03. The fraction of sp³-hybridized carbons (Fsp3) is 0.0909. The van der Waals surface area contributed by atoms with Crippen LogP contribution in [0.4, 0.5) is 0 Å². The van der Waals surface area contributed by atoms with Gasteiger partial charge in [-0.1, -0.05) is 48.5 Å². The summed E-state index contributed by atoms with van der Waals surface area (Å²) in [5.74, 6) is -0.306. The van der Waals surface area contributed by atoms with Crippen molar-refractivity contribution in [1.82, 2.24) is 9.78 Å². The number of aromatic nitrogens is 2. The fourth-order valence-electron chi connectivity index (χ4n) is 2.83. The summed E-state index contributed by atoms with van der Waals surface area (Å²) in [4.78, 5) is 14.0. The smallest absolute Gasteiger partial charge is 0.348 e. The number of para-hydroxylation sites is 1. The maximum Gasteiger partial charge on any atom is 0.348 e. The number of hydrogen-bond acceptors (Lipinski definition) is 4. The second-order valence-electron chi connectivity index (χ2n) is 6.14. The van der Waals surface area contributed by atoms with Crippen molar-refractivity contribution in [2.45, 2.75) is 13.5 Å². The van der Waals surface area contributed by atoms with E-state index in [1.165, 1.54) is 11.3 Å². The Kier molecular flexibility index (Phi) is 4.85. The number of benzene rings is 2. The zero-order valence-corrected chi connectivity index (χ0v) is 15.6. The Labute approximate surface area is 161 Å². The summed E-state index contributed by atoms with van der Waals surface area (Å²) in [6.07, 6.45) is 1.92. The minimum absolute atomic E-state index is 0.173. The predicted octanol–water partition coefficient (Wildman–Crippen LogP) is 5.27. The molecule has 4 nitrogen and oxygen atoms in total. The van der Waals surface area contributed by atoms with Crippen LogP contribution in [0.2, 0.25) is 0 Å². The lowest BCUT2D eigenvalue weighted by atomic mass is 10.1. The molecule has 0 saturated carbocycles. The standard InChI is InChI=1S/C22H18N2O2S/c1-16-12-13-20(27-16)22(25)26-15-18-14-24(19-10-6-3-7-11-19)23-21(18)17-8-4-2-5-9-17/h2-14H,15H2,1H3. The molecule has 2 heterocycles. The van der Waals surface area contributed by atoms with Gasteiger partial charge in [-0.2, -0.15) is 5.10 Å². The first kappa shape index (κ1) is 17.2. The summed E-state index contributed by atoms with van der Waals surface area (Å²) in [7, 11) is 0. The Morgan fingerprint density at radius 1 is 1.00 bits per heavy atom. The van der Waals surface area contributed by atoms with Crippen LogP contribution in [-0.2, 0) is 11.3 Å². The third-order valence-corrected chi connectivity index (χ3v) is 5.14. The van der Waals surface area contributed by atoms with Crippen molar-refractivity contribution in [1.29, 1.82) is 0 Å². The minimum Gasteiger partial charge on any atom is -0.456 e. The molecule has 0 N–H and O–H groups in total. The van der Waals surface area contributed by atoms with Gasteiger partial charge in [-0.25, -0.2) is 9.48 Å². The minimum atomic E-state index is -0.306. The normalized spacial score (nSPS) is 10.7. The fourth-order valence-corrected chi connectivity index (χ4v) is 3.59. The number of thiophene rings is 1. The Balaban J connectivity index is 1.64. The second-order valence-corrected chi connectivity index (χ2v) is 7.42. The number of aryl methyl sites for hydroxylation is 1. The molecule has 0 aliphatic carbocycles. The highest BCUT2D eigenvalue weighted by molar-refractivity contribution is 7.13. The second kappa shape index (κ2) is 7.60. The van der Waals surface area contributed by atoms with Crippen molar-refractivity contribution >= 4 is 17.3 Å². The first-order valence-electron chi connectivity index (χ1n) is 8.63. The zero-order valence-electron chi connectivity index (χ0n) is 14.8. The van der Waals surface area contributed by atoms with Gasteiger partial charge in [0.25, 0.3) is 0 Å². The summed E-state index contributed by atoms with van der Waals surface area (Å²) >= 11 is 1.44. The highest BCUT2D eigenvalue weighted by atomic mass is 32.1. The Bertz CT molecular complexity index is 1050. The molecule has 0 aliphatic rings. The first-order chi connectivity index (χ1) is 13.2. The lowest BCUT2D eigenvalue weighted by Gasteiger charge is -2.04. The molecular weight excluding hydrogens is 356 g/mol. The molecule has 0 aliphatic heterocycles. The van der Waals surface area contributed by atoms with E-state index in [1.54, 1.807) is 6.07 Å². The van der Waals surface area contributed by atoms with E-state index in [0.717, 1.165) is 27.4 Å². The molecule has 27 heavy (non-hydrogen) atoms. The molecule has 0 spiro atoms. The molecular formula is C22H18N2O2S. The molecule has 2 aromatic carbocycles. The molecule has 0 bridgehead atoms. The van der Waals surface area contributed by atoms with Gasteiger partial charge in [0.2, 0.25) is 0 Å². The van der Waals surface area contributed by atoms with E-state index in [4.69, 9.17) is 9.84 Å². The molecule has 0 saturated heterocycles. The van der Waals surface area contributed by atoms with E-state index in [-0.39, 0.29) is 12.6 Å². The van der Waals surface area contributed by atoms with E-state index in [2.05, 4.69) is 0 Å². The monoisotopic (exact) mass is 374 g/mol. The number of nitrogens with zero attached hydrogens (tertiary/aromatic N) is 2. The van der Waals surface area contributed by atoms with Crippen LogP contribution >= 0.6 is 11.3 Å². The number of hydrogen-bond donors (Lipinski definition) is 0. The quantitative estimate of drug-likeness (QED) is 0.447. The van der Waals surface area contributed by atoms with Crippen molar-refractivity contribution in [2.75, 3.05) is 0 Å². The average molecular weight is 374 g/mol. The lowest BCUT2D eigenvalue weighted by molar-refractivity contribution is 0.0479. The van der Waals surface area contributed by atoms with E-state index < -0.39 is 0 Å². The molecule has 2 aromatic heterocycles. The number of ether oxygens (including phenoxy) is 1. The summed E-state index contributed by atoms with van der Waals surface area (Å²) in [5, 5.41) is 4.73.